The lowest BCUT2D eigenvalue weighted by Gasteiger charge is -2.33. The molecule has 0 aliphatic carbocycles. The van der Waals surface area contributed by atoms with Crippen LogP contribution in [0.1, 0.15) is 0 Å². The van der Waals surface area contributed by atoms with Gasteiger partial charge in [-0.3, -0.25) is 9.67 Å². The van der Waals surface area contributed by atoms with Crippen LogP contribution in [0.3, 0.4) is 0 Å². The van der Waals surface area contributed by atoms with Crippen LogP contribution in [0, 0.1) is 0 Å². The highest BCUT2D eigenvalue weighted by molar-refractivity contribution is 14.2. The molecule has 1 atom stereocenters. The number of rotatable bonds is 4. The van der Waals surface area contributed by atoms with E-state index in [1.54, 1.807) is 27.7 Å². The lowest BCUT2D eigenvalue weighted by Crippen LogP contribution is -2.48. The first-order valence-electron chi connectivity index (χ1n) is 6.88. The number of anilines is 1. The van der Waals surface area contributed by atoms with E-state index in [1.165, 1.54) is 0 Å². The Morgan fingerprint density at radius 2 is 2.26 bits per heavy atom. The summed E-state index contributed by atoms with van der Waals surface area (Å²) in [4.78, 5) is 4.40. The Bertz CT molecular complexity index is 877. The Balaban J connectivity index is 1.75. The predicted octanol–water partition coefficient (Wildman–Crippen LogP) is 2.41. The van der Waals surface area contributed by atoms with Gasteiger partial charge in [-0.2, -0.15) is 10.2 Å². The molecule has 1 fully saturated rings. The van der Waals surface area contributed by atoms with Crippen LogP contribution >= 0.6 is 28.4 Å². The van der Waals surface area contributed by atoms with Crippen molar-refractivity contribution in [3.8, 4) is 11.4 Å². The molecule has 23 heavy (non-hydrogen) atoms. The molecule has 2 N–H and O–H groups in total. The summed E-state index contributed by atoms with van der Waals surface area (Å²) in [6.45, 7) is 0.388. The minimum Gasteiger partial charge on any atom is -0.396 e. The fourth-order valence-electron chi connectivity index (χ4n) is 2.54. The van der Waals surface area contributed by atoms with E-state index in [-0.39, 0.29) is 19.8 Å². The second-order valence-electron chi connectivity index (χ2n) is 5.54. The first kappa shape index (κ1) is 15.2. The molecule has 0 aromatic carbocycles. The smallest absolute Gasteiger partial charge is 0.176 e. The van der Waals surface area contributed by atoms with Crippen LogP contribution < -0.4 is 5.73 Å². The molecule has 1 aliphatic rings. The number of nitrogen functional groups attached to an aromatic ring is 1. The zero-order valence-electron chi connectivity index (χ0n) is 11.9. The number of aromatic nitrogens is 5. The van der Waals surface area contributed by atoms with E-state index >= 15 is 0 Å². The molecule has 0 spiro atoms. The van der Waals surface area contributed by atoms with Crippen LogP contribution in [0.5, 0.6) is 0 Å². The van der Waals surface area contributed by atoms with Crippen LogP contribution in [0.2, 0.25) is 0 Å². The molecule has 10 heteroatoms. The van der Waals surface area contributed by atoms with Gasteiger partial charge in [0.2, 0.25) is 0 Å². The maximum atomic E-state index is 14.3. The molecular weight excluding hydrogens is 433 g/mol. The Labute approximate surface area is 145 Å². The number of hydrogen-bond donors (Lipinski definition) is 1. The average Bonchev–Trinajstić information content (AvgIpc) is 3.09. The van der Waals surface area contributed by atoms with Gasteiger partial charge in [-0.25, -0.2) is 8.84 Å². The highest BCUT2D eigenvalue weighted by Crippen LogP contribution is 2.31. The van der Waals surface area contributed by atoms with E-state index in [1.807, 2.05) is 6.07 Å². The maximum absolute atomic E-state index is 14.3. The number of nitrogens with zero attached hydrogens (tertiary/aromatic N) is 5. The lowest BCUT2D eigenvalue weighted by molar-refractivity contribution is -0.138. The highest BCUT2D eigenvalue weighted by atomic mass is 127. The molecule has 1 saturated heterocycles. The molecule has 1 aliphatic heterocycles. The summed E-state index contributed by atoms with van der Waals surface area (Å²) in [7, 11) is 0. The number of alkyl halides is 1. The van der Waals surface area contributed by atoms with Gasteiger partial charge in [0, 0.05) is 11.6 Å². The van der Waals surface area contributed by atoms with Crippen molar-refractivity contribution < 1.29 is 9.13 Å². The van der Waals surface area contributed by atoms with E-state index in [2.05, 4.69) is 37.2 Å². The molecule has 4 heterocycles. The maximum Gasteiger partial charge on any atom is 0.176 e. The van der Waals surface area contributed by atoms with Crippen molar-refractivity contribution >= 4 is 45.0 Å². The Hall–Kier alpha value is -1.32. The summed E-state index contributed by atoms with van der Waals surface area (Å²) in [5.41, 5.74) is 7.34. The van der Waals surface area contributed by atoms with Gasteiger partial charge in [-0.1, -0.05) is 0 Å². The summed E-state index contributed by atoms with van der Waals surface area (Å²) in [6, 6.07) is 1.85. The Kier molecular flexibility index (Phi) is 3.73. The van der Waals surface area contributed by atoms with Crippen molar-refractivity contribution in [3.63, 3.8) is 0 Å². The van der Waals surface area contributed by atoms with Crippen molar-refractivity contribution in [3.05, 3.63) is 24.7 Å². The van der Waals surface area contributed by atoms with Crippen molar-refractivity contribution in [2.24, 2.45) is 0 Å². The van der Waals surface area contributed by atoms with Gasteiger partial charge in [0.25, 0.3) is 0 Å². The zero-order valence-corrected chi connectivity index (χ0v) is 15.1. The third kappa shape index (κ3) is 2.70. The normalized spacial score (nSPS) is 17.1. The van der Waals surface area contributed by atoms with Gasteiger partial charge < -0.3 is 10.5 Å². The van der Waals surface area contributed by atoms with Gasteiger partial charge in [-0.15, -0.1) is 0 Å². The van der Waals surface area contributed by atoms with Gasteiger partial charge >= 0.3 is 0 Å². The van der Waals surface area contributed by atoms with Crippen LogP contribution in [0.25, 0.3) is 22.3 Å². The third-order valence-corrected chi connectivity index (χ3v) is 5.64. The predicted molar refractivity (Wildman–Crippen MR) is 95.6 cm³/mol. The van der Waals surface area contributed by atoms with Gasteiger partial charge in [0.1, 0.15) is 5.69 Å². The minimum atomic E-state index is -1.34. The van der Waals surface area contributed by atoms with Gasteiger partial charge in [-0.05, 0) is 28.1 Å². The summed E-state index contributed by atoms with van der Waals surface area (Å²) in [5.74, 6) is 0. The van der Waals surface area contributed by atoms with Gasteiger partial charge in [0.05, 0.1) is 55.4 Å². The van der Waals surface area contributed by atoms with Crippen molar-refractivity contribution in [1.29, 1.82) is 0 Å². The van der Waals surface area contributed by atoms with Crippen molar-refractivity contribution in [2.45, 2.75) is 12.2 Å². The fraction of sp³-hybridized carbons (Fsp3) is 0.308. The molecular formula is C13H13FIN6OP. The quantitative estimate of drug-likeness (QED) is 0.492. The number of hydrogen-bond acceptors (Lipinski definition) is 5. The largest absolute Gasteiger partial charge is 0.396 e. The monoisotopic (exact) mass is 446 g/mol. The lowest BCUT2D eigenvalue weighted by atomic mass is 10.1. The minimum absolute atomic E-state index is 0.111. The van der Waals surface area contributed by atoms with Crippen LogP contribution in [-0.4, -0.2) is 43.2 Å². The van der Waals surface area contributed by atoms with Crippen LogP contribution in [0.4, 0.5) is 10.1 Å². The average molecular weight is 446 g/mol. The Morgan fingerprint density at radius 1 is 1.43 bits per heavy atom. The molecule has 0 saturated carbocycles. The number of pyridine rings is 1. The second kappa shape index (κ2) is 5.64. The summed E-state index contributed by atoms with van der Waals surface area (Å²) >= 11 is 2.23. The molecule has 7 nitrogen and oxygen atoms in total. The highest BCUT2D eigenvalue weighted by Gasteiger charge is 2.39. The zero-order chi connectivity index (χ0) is 16.0. The molecule has 0 amide bonds. The molecule has 0 radical (unpaired) electrons. The van der Waals surface area contributed by atoms with E-state index in [9.17, 15) is 4.39 Å². The number of nitrogens with two attached hydrogens (primary N) is 1. The SMILES string of the molecule is Nc1cn(PI)nc1-c1cc2c(cn1)cnn2CC1(F)COC1. The summed E-state index contributed by atoms with van der Waals surface area (Å²) < 4.78 is 22.7. The summed E-state index contributed by atoms with van der Waals surface area (Å²) in [6.07, 6.45) is 5.64. The first-order chi connectivity index (χ1) is 11.1. The van der Waals surface area contributed by atoms with Crippen molar-refractivity contribution in [1.82, 2.24) is 24.3 Å². The van der Waals surface area contributed by atoms with Crippen LogP contribution in [-0.2, 0) is 11.3 Å². The van der Waals surface area contributed by atoms with Crippen LogP contribution in [0.15, 0.2) is 24.7 Å². The van der Waals surface area contributed by atoms with E-state index in [0.29, 0.717) is 23.4 Å². The van der Waals surface area contributed by atoms with E-state index < -0.39 is 5.67 Å². The molecule has 4 rings (SSSR count). The number of ether oxygens (including phenoxy) is 1. The van der Waals surface area contributed by atoms with Gasteiger partial charge in [0.15, 0.2) is 5.67 Å². The first-order valence-corrected chi connectivity index (χ1v) is 10.9. The molecule has 3 aromatic heterocycles. The molecule has 3 aromatic rings. The van der Waals surface area contributed by atoms with E-state index in [0.717, 1.165) is 10.9 Å². The molecule has 0 bridgehead atoms. The second-order valence-corrected chi connectivity index (χ2v) is 7.61. The number of halogens is 2. The van der Waals surface area contributed by atoms with Crippen molar-refractivity contribution in [2.75, 3.05) is 18.9 Å². The number of fused-ring (bicyclic) bond motifs is 1. The summed E-state index contributed by atoms with van der Waals surface area (Å²) in [5, 5.41) is 9.55. The topological polar surface area (TPSA) is 83.8 Å². The third-order valence-electron chi connectivity index (χ3n) is 3.75. The Morgan fingerprint density at radius 3 is 2.91 bits per heavy atom. The standard InChI is InChI=1S/C13H13FIN6OP/c14-13(6-22-7-13)5-20-11-1-10(17-2-8(11)3-18-20)12-9(16)4-21(19-12)23-15/h1-4,23H,5-7,16H2. The fourth-order valence-corrected chi connectivity index (χ4v) is 3.61. The molecule has 1 unspecified atom stereocenters. The molecule has 120 valence electrons. The van der Waals surface area contributed by atoms with E-state index in [4.69, 9.17) is 10.5 Å².